The molecular formula is C13H10FNO6. The van der Waals surface area contributed by atoms with Crippen LogP contribution in [0.5, 0.6) is 0 Å². The minimum Gasteiger partial charge on any atom is -0.481 e. The Balaban J connectivity index is 2.48. The van der Waals surface area contributed by atoms with E-state index < -0.39 is 42.4 Å². The van der Waals surface area contributed by atoms with Crippen LogP contribution in [0.3, 0.4) is 0 Å². The third kappa shape index (κ3) is 2.47. The van der Waals surface area contributed by atoms with Crippen molar-refractivity contribution < 1.29 is 33.8 Å². The van der Waals surface area contributed by atoms with E-state index in [0.29, 0.717) is 0 Å². The Bertz CT molecular complexity index is 605. The average molecular weight is 295 g/mol. The number of fused-ring (bicyclic) bond motifs is 1. The van der Waals surface area contributed by atoms with E-state index in [1.807, 2.05) is 0 Å². The van der Waals surface area contributed by atoms with Gasteiger partial charge in [-0.1, -0.05) is 12.1 Å². The molecule has 8 heteroatoms. The molecule has 0 saturated carbocycles. The molecule has 1 aromatic carbocycles. The van der Waals surface area contributed by atoms with Crippen LogP contribution in [0.1, 0.15) is 33.6 Å². The fraction of sp³-hybridized carbons (Fsp3) is 0.231. The molecule has 0 bridgehead atoms. The number of hydrogen-bond donors (Lipinski definition) is 2. The van der Waals surface area contributed by atoms with E-state index >= 15 is 0 Å². The third-order valence-corrected chi connectivity index (χ3v) is 3.04. The predicted molar refractivity (Wildman–Crippen MR) is 65.3 cm³/mol. The Morgan fingerprint density at radius 2 is 1.38 bits per heavy atom. The summed E-state index contributed by atoms with van der Waals surface area (Å²) in [6.07, 6.45) is -2.60. The van der Waals surface area contributed by atoms with Crippen LogP contribution in [-0.4, -0.2) is 44.7 Å². The van der Waals surface area contributed by atoms with Crippen molar-refractivity contribution >= 4 is 23.8 Å². The van der Waals surface area contributed by atoms with Crippen LogP contribution in [0, 0.1) is 0 Å². The molecule has 21 heavy (non-hydrogen) atoms. The van der Waals surface area contributed by atoms with Gasteiger partial charge in [-0.2, -0.15) is 0 Å². The van der Waals surface area contributed by atoms with Crippen molar-refractivity contribution in [3.63, 3.8) is 0 Å². The number of halogens is 1. The summed E-state index contributed by atoms with van der Waals surface area (Å²) < 4.78 is 14.8. The fourth-order valence-corrected chi connectivity index (χ4v) is 2.24. The van der Waals surface area contributed by atoms with Gasteiger partial charge < -0.3 is 10.2 Å². The Hall–Kier alpha value is -2.77. The molecule has 0 radical (unpaired) electrons. The number of aliphatic carboxylic acids is 2. The molecule has 1 heterocycles. The summed E-state index contributed by atoms with van der Waals surface area (Å²) in [7, 11) is 0. The van der Waals surface area contributed by atoms with Crippen molar-refractivity contribution in [1.82, 2.24) is 4.90 Å². The number of benzene rings is 1. The third-order valence-electron chi connectivity index (χ3n) is 3.04. The standard InChI is InChI=1S/C13H10FNO6/c14-13(5-9(16)17,6-10(18)19)15-11(20)7-3-1-2-4-8(7)12(15)21/h1-4H,5-6H2,(H,16,17)(H,18,19). The maximum absolute atomic E-state index is 14.8. The molecule has 0 aliphatic carbocycles. The van der Waals surface area contributed by atoms with E-state index in [9.17, 15) is 23.6 Å². The van der Waals surface area contributed by atoms with E-state index in [1.165, 1.54) is 24.3 Å². The Morgan fingerprint density at radius 3 is 1.71 bits per heavy atom. The maximum atomic E-state index is 14.8. The summed E-state index contributed by atoms with van der Waals surface area (Å²) in [5.41, 5.74) is -0.166. The molecule has 0 aromatic heterocycles. The highest BCUT2D eigenvalue weighted by Crippen LogP contribution is 2.34. The molecule has 1 aliphatic heterocycles. The van der Waals surface area contributed by atoms with Crippen molar-refractivity contribution in [2.75, 3.05) is 0 Å². The molecule has 0 spiro atoms. The lowest BCUT2D eigenvalue weighted by Crippen LogP contribution is -2.51. The van der Waals surface area contributed by atoms with Crippen LogP contribution in [-0.2, 0) is 9.59 Å². The Labute approximate surface area is 117 Å². The average Bonchev–Trinajstić information content (AvgIpc) is 2.61. The second-order valence-electron chi connectivity index (χ2n) is 4.55. The van der Waals surface area contributed by atoms with Gasteiger partial charge in [0.2, 0.25) is 5.79 Å². The molecular weight excluding hydrogens is 285 g/mol. The monoisotopic (exact) mass is 295 g/mol. The van der Waals surface area contributed by atoms with Crippen LogP contribution in [0.15, 0.2) is 24.3 Å². The molecule has 2 amide bonds. The molecule has 2 N–H and O–H groups in total. The molecule has 1 aliphatic rings. The minimum absolute atomic E-state index is 0.0831. The zero-order valence-corrected chi connectivity index (χ0v) is 10.6. The van der Waals surface area contributed by atoms with Crippen molar-refractivity contribution in [2.24, 2.45) is 0 Å². The van der Waals surface area contributed by atoms with Crippen LogP contribution >= 0.6 is 0 Å². The number of nitrogens with zero attached hydrogens (tertiary/aromatic N) is 1. The van der Waals surface area contributed by atoms with Gasteiger partial charge in [0.15, 0.2) is 0 Å². The molecule has 2 rings (SSSR count). The van der Waals surface area contributed by atoms with Gasteiger partial charge in [-0.05, 0) is 12.1 Å². The van der Waals surface area contributed by atoms with Gasteiger partial charge in [-0.15, -0.1) is 0 Å². The number of imide groups is 1. The lowest BCUT2D eigenvalue weighted by molar-refractivity contribution is -0.149. The molecule has 1 aromatic rings. The predicted octanol–water partition coefficient (Wildman–Crippen LogP) is 0.898. The maximum Gasteiger partial charge on any atom is 0.308 e. The quantitative estimate of drug-likeness (QED) is 0.616. The van der Waals surface area contributed by atoms with E-state index in [0.717, 1.165) is 0 Å². The number of alkyl halides is 1. The number of carbonyl (C=O) groups excluding carboxylic acids is 2. The fourth-order valence-electron chi connectivity index (χ4n) is 2.24. The van der Waals surface area contributed by atoms with Crippen molar-refractivity contribution in [2.45, 2.75) is 18.6 Å². The summed E-state index contributed by atoms with van der Waals surface area (Å²) >= 11 is 0. The first-order chi connectivity index (χ1) is 9.76. The van der Waals surface area contributed by atoms with Gasteiger partial charge in [0.05, 0.1) is 24.0 Å². The zero-order chi connectivity index (χ0) is 15.8. The normalized spacial score (nSPS) is 14.2. The Morgan fingerprint density at radius 1 is 1.00 bits per heavy atom. The highest BCUT2D eigenvalue weighted by molar-refractivity contribution is 6.22. The van der Waals surface area contributed by atoms with Gasteiger partial charge in [-0.25, -0.2) is 9.29 Å². The SMILES string of the molecule is O=C(O)CC(F)(CC(=O)O)N1C(=O)c2ccccc2C1=O. The summed E-state index contributed by atoms with van der Waals surface area (Å²) in [5, 5.41) is 17.5. The topological polar surface area (TPSA) is 112 Å². The van der Waals surface area contributed by atoms with Crippen LogP contribution in [0.2, 0.25) is 0 Å². The van der Waals surface area contributed by atoms with Crippen LogP contribution in [0.25, 0.3) is 0 Å². The van der Waals surface area contributed by atoms with E-state index in [-0.39, 0.29) is 16.0 Å². The zero-order valence-electron chi connectivity index (χ0n) is 10.6. The number of rotatable bonds is 5. The summed E-state index contributed by atoms with van der Waals surface area (Å²) in [4.78, 5) is 45.8. The molecule has 0 unspecified atom stereocenters. The lowest BCUT2D eigenvalue weighted by atomic mass is 10.1. The second-order valence-corrected chi connectivity index (χ2v) is 4.55. The number of amides is 2. The second kappa shape index (κ2) is 4.97. The van der Waals surface area contributed by atoms with Gasteiger partial charge in [0, 0.05) is 0 Å². The minimum atomic E-state index is -3.12. The van der Waals surface area contributed by atoms with E-state index in [2.05, 4.69) is 0 Å². The number of carboxylic acid groups (broad SMARTS) is 2. The summed E-state index contributed by atoms with van der Waals surface area (Å²) in [5.74, 6) is -8.52. The molecule has 0 saturated heterocycles. The van der Waals surface area contributed by atoms with Gasteiger partial charge in [0.25, 0.3) is 11.8 Å². The first kappa shape index (κ1) is 14.6. The van der Waals surface area contributed by atoms with Crippen LogP contribution < -0.4 is 0 Å². The number of hydrogen-bond acceptors (Lipinski definition) is 4. The molecule has 110 valence electrons. The van der Waals surface area contributed by atoms with Gasteiger partial charge in [-0.3, -0.25) is 19.2 Å². The number of carboxylic acids is 2. The summed E-state index contributed by atoms with van der Waals surface area (Å²) in [6.45, 7) is 0. The Kier molecular flexibility index (Phi) is 3.46. The first-order valence-electron chi connectivity index (χ1n) is 5.87. The van der Waals surface area contributed by atoms with Gasteiger partial charge in [0.1, 0.15) is 0 Å². The molecule has 0 atom stereocenters. The molecule has 0 fully saturated rings. The first-order valence-corrected chi connectivity index (χ1v) is 5.87. The van der Waals surface area contributed by atoms with Crippen LogP contribution in [0.4, 0.5) is 4.39 Å². The van der Waals surface area contributed by atoms with Gasteiger partial charge >= 0.3 is 11.9 Å². The highest BCUT2D eigenvalue weighted by atomic mass is 19.1. The van der Waals surface area contributed by atoms with Crippen molar-refractivity contribution in [3.8, 4) is 0 Å². The van der Waals surface area contributed by atoms with Crippen molar-refractivity contribution in [1.29, 1.82) is 0 Å². The smallest absolute Gasteiger partial charge is 0.308 e. The van der Waals surface area contributed by atoms with E-state index in [1.54, 1.807) is 0 Å². The lowest BCUT2D eigenvalue weighted by Gasteiger charge is -2.30. The largest absolute Gasteiger partial charge is 0.481 e. The van der Waals surface area contributed by atoms with Crippen molar-refractivity contribution in [3.05, 3.63) is 35.4 Å². The number of carbonyl (C=O) groups is 4. The molecule has 7 nitrogen and oxygen atoms in total. The van der Waals surface area contributed by atoms with E-state index in [4.69, 9.17) is 10.2 Å². The highest BCUT2D eigenvalue weighted by Gasteiger charge is 2.52. The summed E-state index contributed by atoms with van der Waals surface area (Å²) in [6, 6.07) is 5.50.